The first kappa shape index (κ1) is 25.8. The molecular formula is C29H30O6S. The van der Waals surface area contributed by atoms with Gasteiger partial charge in [0.05, 0.1) is 24.2 Å². The quantitative estimate of drug-likeness (QED) is 0.261. The van der Waals surface area contributed by atoms with E-state index >= 15 is 0 Å². The van der Waals surface area contributed by atoms with Gasteiger partial charge in [0.2, 0.25) is 0 Å². The summed E-state index contributed by atoms with van der Waals surface area (Å²) < 4.78 is 5.86. The standard InChI is InChI=1S/C29H30O6S/c30-24(14-15-25-10-5-17-36-25)13-11-23-12-16-26(31)29(23,19-27(32)33)35-28(34)22-9-4-8-21(18-22)20-6-2-1-3-7-20/h1-11,13,17-18,23-24,26,30-31H,12,14-16,19H2,(H,32,33). The molecule has 0 amide bonds. The van der Waals surface area contributed by atoms with Gasteiger partial charge < -0.3 is 20.1 Å². The van der Waals surface area contributed by atoms with Crippen LogP contribution in [-0.2, 0) is 16.0 Å². The van der Waals surface area contributed by atoms with Gasteiger partial charge >= 0.3 is 11.9 Å². The minimum atomic E-state index is -1.62. The number of aliphatic carboxylic acids is 1. The Morgan fingerprint density at radius 2 is 1.83 bits per heavy atom. The van der Waals surface area contributed by atoms with Gasteiger partial charge in [-0.2, -0.15) is 0 Å². The predicted molar refractivity (Wildman–Crippen MR) is 139 cm³/mol. The molecule has 0 spiro atoms. The minimum Gasteiger partial charge on any atom is -0.481 e. The van der Waals surface area contributed by atoms with Crippen LogP contribution in [0.2, 0.25) is 0 Å². The number of benzene rings is 2. The zero-order valence-corrected chi connectivity index (χ0v) is 20.6. The van der Waals surface area contributed by atoms with Gasteiger partial charge in [-0.25, -0.2) is 4.79 Å². The molecule has 6 nitrogen and oxygen atoms in total. The van der Waals surface area contributed by atoms with Crippen LogP contribution < -0.4 is 0 Å². The van der Waals surface area contributed by atoms with Gasteiger partial charge in [-0.1, -0.05) is 60.7 Å². The predicted octanol–water partition coefficient (Wildman–Crippen LogP) is 5.11. The van der Waals surface area contributed by atoms with E-state index in [1.807, 2.05) is 53.9 Å². The van der Waals surface area contributed by atoms with Gasteiger partial charge in [0.15, 0.2) is 5.60 Å². The topological polar surface area (TPSA) is 104 Å². The number of carboxylic acid groups (broad SMARTS) is 1. The molecule has 0 saturated heterocycles. The molecule has 1 saturated carbocycles. The van der Waals surface area contributed by atoms with Crippen LogP contribution in [0.5, 0.6) is 0 Å². The number of hydrogen-bond donors (Lipinski definition) is 3. The van der Waals surface area contributed by atoms with E-state index in [2.05, 4.69) is 0 Å². The largest absolute Gasteiger partial charge is 0.481 e. The summed E-state index contributed by atoms with van der Waals surface area (Å²) in [7, 11) is 0. The summed E-state index contributed by atoms with van der Waals surface area (Å²) in [6, 6.07) is 20.5. The van der Waals surface area contributed by atoms with Crippen molar-refractivity contribution >= 4 is 23.3 Å². The van der Waals surface area contributed by atoms with Crippen molar-refractivity contribution in [2.75, 3.05) is 0 Å². The number of carboxylic acids is 1. The molecule has 3 N–H and O–H groups in total. The van der Waals surface area contributed by atoms with Gasteiger partial charge in [0, 0.05) is 10.8 Å². The highest BCUT2D eigenvalue weighted by molar-refractivity contribution is 7.09. The lowest BCUT2D eigenvalue weighted by atomic mass is 9.85. The Bertz CT molecular complexity index is 1190. The van der Waals surface area contributed by atoms with Gasteiger partial charge in [0.1, 0.15) is 0 Å². The SMILES string of the molecule is O=C(O)CC1(OC(=O)c2cccc(-c3ccccc3)c2)C(O)CCC1C=CC(O)CCc1cccs1. The first-order valence-electron chi connectivity index (χ1n) is 12.0. The molecule has 1 fully saturated rings. The molecule has 0 aliphatic heterocycles. The molecule has 4 atom stereocenters. The second kappa shape index (κ2) is 11.6. The number of ether oxygens (including phenoxy) is 1. The molecule has 0 bridgehead atoms. The van der Waals surface area contributed by atoms with E-state index in [0.717, 1.165) is 17.5 Å². The molecule has 1 aromatic heterocycles. The Morgan fingerprint density at radius 1 is 1.06 bits per heavy atom. The van der Waals surface area contributed by atoms with Crippen molar-refractivity contribution in [3.05, 3.63) is 94.7 Å². The second-order valence-corrected chi connectivity index (χ2v) is 10.2. The Balaban J connectivity index is 1.53. The Morgan fingerprint density at radius 3 is 2.56 bits per heavy atom. The first-order valence-corrected chi connectivity index (χ1v) is 12.9. The number of hydrogen-bond acceptors (Lipinski definition) is 6. The van der Waals surface area contributed by atoms with Crippen molar-refractivity contribution in [2.24, 2.45) is 5.92 Å². The normalized spacial score (nSPS) is 22.5. The van der Waals surface area contributed by atoms with Crippen molar-refractivity contribution in [1.82, 2.24) is 0 Å². The Hall–Kier alpha value is -3.26. The molecule has 1 aliphatic carbocycles. The van der Waals surface area contributed by atoms with E-state index in [1.165, 1.54) is 4.88 Å². The van der Waals surface area contributed by atoms with Crippen molar-refractivity contribution in [1.29, 1.82) is 0 Å². The summed E-state index contributed by atoms with van der Waals surface area (Å²) in [6.45, 7) is 0. The van der Waals surface area contributed by atoms with Crippen LogP contribution in [0.1, 0.15) is 40.9 Å². The zero-order chi connectivity index (χ0) is 25.5. The lowest BCUT2D eigenvalue weighted by molar-refractivity contribution is -0.150. The van der Waals surface area contributed by atoms with Crippen molar-refractivity contribution < 1.29 is 29.6 Å². The van der Waals surface area contributed by atoms with Gasteiger partial charge in [-0.15, -0.1) is 11.3 Å². The third kappa shape index (κ3) is 6.10. The van der Waals surface area contributed by atoms with Crippen LogP contribution >= 0.6 is 11.3 Å². The van der Waals surface area contributed by atoms with Crippen LogP contribution in [-0.4, -0.2) is 45.1 Å². The van der Waals surface area contributed by atoms with Crippen LogP contribution in [0.25, 0.3) is 11.1 Å². The highest BCUT2D eigenvalue weighted by Gasteiger charge is 2.53. The first-order chi connectivity index (χ1) is 17.4. The third-order valence-electron chi connectivity index (χ3n) is 6.69. The van der Waals surface area contributed by atoms with Crippen molar-refractivity contribution in [2.45, 2.75) is 49.9 Å². The van der Waals surface area contributed by atoms with Crippen LogP contribution in [0.4, 0.5) is 0 Å². The van der Waals surface area contributed by atoms with Crippen molar-refractivity contribution in [3.63, 3.8) is 0 Å². The molecule has 36 heavy (non-hydrogen) atoms. The number of thiophene rings is 1. The molecule has 7 heteroatoms. The highest BCUT2D eigenvalue weighted by Crippen LogP contribution is 2.43. The fourth-order valence-corrected chi connectivity index (χ4v) is 5.51. The second-order valence-electron chi connectivity index (χ2n) is 9.13. The summed E-state index contributed by atoms with van der Waals surface area (Å²) in [5.41, 5.74) is 0.425. The molecular weight excluding hydrogens is 476 g/mol. The monoisotopic (exact) mass is 506 g/mol. The molecule has 4 unspecified atom stereocenters. The number of aliphatic hydroxyl groups is 2. The molecule has 188 valence electrons. The van der Waals surface area contributed by atoms with E-state index in [-0.39, 0.29) is 5.56 Å². The van der Waals surface area contributed by atoms with Crippen molar-refractivity contribution in [3.8, 4) is 11.1 Å². The number of rotatable bonds is 10. The van der Waals surface area contributed by atoms with Gasteiger partial charge in [0.25, 0.3) is 0 Å². The highest BCUT2D eigenvalue weighted by atomic mass is 32.1. The molecule has 4 rings (SSSR count). The van der Waals surface area contributed by atoms with E-state index in [1.54, 1.807) is 41.7 Å². The lowest BCUT2D eigenvalue weighted by Crippen LogP contribution is -2.48. The number of aryl methyl sites for hydroxylation is 1. The average Bonchev–Trinajstić information content (AvgIpc) is 3.50. The molecule has 1 heterocycles. The van der Waals surface area contributed by atoms with Gasteiger partial charge in [-0.3, -0.25) is 4.79 Å². The molecule has 2 aromatic carbocycles. The van der Waals surface area contributed by atoms with Crippen LogP contribution in [0.15, 0.2) is 84.3 Å². The summed E-state index contributed by atoms with van der Waals surface area (Å²) in [4.78, 5) is 26.2. The molecule has 0 radical (unpaired) electrons. The molecule has 3 aromatic rings. The number of esters is 1. The average molecular weight is 507 g/mol. The lowest BCUT2D eigenvalue weighted by Gasteiger charge is -2.35. The summed E-state index contributed by atoms with van der Waals surface area (Å²) in [5, 5.41) is 32.9. The maximum Gasteiger partial charge on any atom is 0.338 e. The zero-order valence-electron chi connectivity index (χ0n) is 19.8. The maximum absolute atomic E-state index is 13.2. The minimum absolute atomic E-state index is 0.277. The van der Waals surface area contributed by atoms with Crippen LogP contribution in [0, 0.1) is 5.92 Å². The third-order valence-corrected chi connectivity index (χ3v) is 7.63. The number of aliphatic hydroxyl groups excluding tert-OH is 2. The summed E-state index contributed by atoms with van der Waals surface area (Å²) >= 11 is 1.63. The van der Waals surface area contributed by atoms with Crippen LogP contribution in [0.3, 0.4) is 0 Å². The Kier molecular flexibility index (Phi) is 8.36. The van der Waals surface area contributed by atoms with E-state index in [9.17, 15) is 24.9 Å². The number of carbonyl (C=O) groups is 2. The van der Waals surface area contributed by atoms with E-state index in [0.29, 0.717) is 19.3 Å². The summed E-state index contributed by atoms with van der Waals surface area (Å²) in [6.07, 6.45) is 2.92. The smallest absolute Gasteiger partial charge is 0.338 e. The van der Waals surface area contributed by atoms with E-state index < -0.39 is 42.1 Å². The number of carbonyl (C=O) groups excluding carboxylic acids is 1. The molecule has 1 aliphatic rings. The van der Waals surface area contributed by atoms with E-state index in [4.69, 9.17) is 4.74 Å². The summed E-state index contributed by atoms with van der Waals surface area (Å²) in [5.74, 6) is -2.40. The maximum atomic E-state index is 13.2. The Labute approximate surface area is 214 Å². The fraction of sp³-hybridized carbons (Fsp3) is 0.310. The van der Waals surface area contributed by atoms with Gasteiger partial charge in [-0.05, 0) is 60.4 Å². The fourth-order valence-electron chi connectivity index (χ4n) is 4.79.